The first-order chi connectivity index (χ1) is 33.7. The number of rotatable bonds is 6. The molecule has 0 saturated heterocycles. The van der Waals surface area contributed by atoms with E-state index in [4.69, 9.17) is 0 Å². The number of aromatic nitrogens is 2. The normalized spacial score (nSPS) is 11.8. The van der Waals surface area contributed by atoms with Crippen molar-refractivity contribution in [2.45, 2.75) is 0 Å². The van der Waals surface area contributed by atoms with Gasteiger partial charge in [-0.25, -0.2) is 0 Å². The van der Waals surface area contributed by atoms with Crippen LogP contribution in [0.3, 0.4) is 0 Å². The fourth-order valence-corrected chi connectivity index (χ4v) is 11.1. The number of hydrogen-bond acceptors (Lipinski definition) is 0. The van der Waals surface area contributed by atoms with E-state index in [0.717, 1.165) is 11.4 Å². The zero-order chi connectivity index (χ0) is 44.7. The molecule has 14 rings (SSSR count). The van der Waals surface area contributed by atoms with E-state index < -0.39 is 0 Å². The third kappa shape index (κ3) is 6.05. The van der Waals surface area contributed by atoms with Crippen molar-refractivity contribution in [1.29, 1.82) is 0 Å². The summed E-state index contributed by atoms with van der Waals surface area (Å²) in [7, 11) is 0. The first kappa shape index (κ1) is 38.3. The smallest absolute Gasteiger partial charge is 0.0541 e. The molecular formula is C66H42N2. The van der Waals surface area contributed by atoms with Gasteiger partial charge in [-0.05, 0) is 150 Å². The van der Waals surface area contributed by atoms with Crippen LogP contribution in [0.15, 0.2) is 255 Å². The molecule has 0 amide bonds. The largest absolute Gasteiger partial charge is 0.309 e. The zero-order valence-corrected chi connectivity index (χ0v) is 37.1. The zero-order valence-electron chi connectivity index (χ0n) is 37.1. The maximum absolute atomic E-state index is 2.47. The predicted octanol–water partition coefficient (Wildman–Crippen LogP) is 18.0. The van der Waals surface area contributed by atoms with Gasteiger partial charge in [0.2, 0.25) is 0 Å². The Morgan fingerprint density at radius 3 is 0.721 bits per heavy atom. The summed E-state index contributed by atoms with van der Waals surface area (Å²) in [5, 5.41) is 12.4. The second kappa shape index (κ2) is 15.3. The van der Waals surface area contributed by atoms with E-state index >= 15 is 0 Å². The van der Waals surface area contributed by atoms with E-state index in [0.29, 0.717) is 0 Å². The predicted molar refractivity (Wildman–Crippen MR) is 289 cm³/mol. The SMILES string of the molecule is c1ccc(-c2ccc3c(c2)c2cc(-c4ccccc4)ccc2n3-c2ccc3c4ccccc4c4ccc(-n5c6ccc(-c7ccccc7)cc6c6cc(-c7ccccc7)ccc65)cc4c3c2)cc1. The molecule has 2 heterocycles. The van der Waals surface area contributed by atoms with Crippen molar-refractivity contribution in [2.24, 2.45) is 0 Å². The van der Waals surface area contributed by atoms with Crippen molar-refractivity contribution in [3.8, 4) is 55.9 Å². The molecule has 0 atom stereocenters. The van der Waals surface area contributed by atoms with Crippen LogP contribution in [-0.4, -0.2) is 9.13 Å². The molecule has 68 heavy (non-hydrogen) atoms. The maximum Gasteiger partial charge on any atom is 0.0541 e. The van der Waals surface area contributed by atoms with Gasteiger partial charge in [0, 0.05) is 32.9 Å². The molecule has 12 aromatic carbocycles. The third-order valence-corrected chi connectivity index (χ3v) is 14.3. The number of benzene rings is 12. The number of nitrogens with zero attached hydrogens (tertiary/aromatic N) is 2. The van der Waals surface area contributed by atoms with E-state index in [-0.39, 0.29) is 0 Å². The van der Waals surface area contributed by atoms with Crippen molar-refractivity contribution in [2.75, 3.05) is 0 Å². The molecular weight excluding hydrogens is 821 g/mol. The van der Waals surface area contributed by atoms with Gasteiger partial charge < -0.3 is 9.13 Å². The minimum atomic E-state index is 1.14. The first-order valence-electron chi connectivity index (χ1n) is 23.5. The van der Waals surface area contributed by atoms with Crippen LogP contribution in [0.2, 0.25) is 0 Å². The fraction of sp³-hybridized carbons (Fsp3) is 0. The van der Waals surface area contributed by atoms with Gasteiger partial charge in [-0.2, -0.15) is 0 Å². The van der Waals surface area contributed by atoms with E-state index in [1.54, 1.807) is 0 Å². The minimum absolute atomic E-state index is 1.14. The van der Waals surface area contributed by atoms with Gasteiger partial charge in [0.25, 0.3) is 0 Å². The highest BCUT2D eigenvalue weighted by atomic mass is 15.0. The van der Waals surface area contributed by atoms with Crippen molar-refractivity contribution < 1.29 is 0 Å². The van der Waals surface area contributed by atoms with Gasteiger partial charge >= 0.3 is 0 Å². The van der Waals surface area contributed by atoms with Crippen molar-refractivity contribution in [3.05, 3.63) is 255 Å². The second-order valence-corrected chi connectivity index (χ2v) is 18.1. The van der Waals surface area contributed by atoms with Crippen LogP contribution in [0.5, 0.6) is 0 Å². The Bertz CT molecular complexity index is 3800. The van der Waals surface area contributed by atoms with Gasteiger partial charge in [-0.3, -0.25) is 0 Å². The van der Waals surface area contributed by atoms with Crippen LogP contribution >= 0.6 is 0 Å². The van der Waals surface area contributed by atoms with Gasteiger partial charge in [0.05, 0.1) is 22.1 Å². The molecule has 0 spiro atoms. The lowest BCUT2D eigenvalue weighted by atomic mass is 9.93. The summed E-state index contributed by atoms with van der Waals surface area (Å²) in [5.74, 6) is 0. The Hall–Kier alpha value is -8.98. The lowest BCUT2D eigenvalue weighted by molar-refractivity contribution is 1.18. The topological polar surface area (TPSA) is 9.86 Å². The van der Waals surface area contributed by atoms with Crippen LogP contribution in [0.4, 0.5) is 0 Å². The van der Waals surface area contributed by atoms with Crippen LogP contribution in [-0.2, 0) is 0 Å². The molecule has 0 N–H and O–H groups in total. The van der Waals surface area contributed by atoms with Crippen LogP contribution in [0.25, 0.3) is 132 Å². The quantitative estimate of drug-likeness (QED) is 0.147. The van der Waals surface area contributed by atoms with Crippen molar-refractivity contribution in [1.82, 2.24) is 9.13 Å². The van der Waals surface area contributed by atoms with Crippen molar-refractivity contribution >= 4 is 75.9 Å². The molecule has 0 bridgehead atoms. The van der Waals surface area contributed by atoms with Crippen molar-refractivity contribution in [3.63, 3.8) is 0 Å². The molecule has 0 unspecified atom stereocenters. The lowest BCUT2D eigenvalue weighted by Crippen LogP contribution is -1.96. The van der Waals surface area contributed by atoms with Gasteiger partial charge in [-0.15, -0.1) is 0 Å². The summed E-state index contributed by atoms with van der Waals surface area (Å²) in [6.45, 7) is 0. The summed E-state index contributed by atoms with van der Waals surface area (Å²) in [4.78, 5) is 0. The number of fused-ring (bicyclic) bond motifs is 12. The number of hydrogen-bond donors (Lipinski definition) is 0. The molecule has 2 heteroatoms. The van der Waals surface area contributed by atoms with Crippen LogP contribution < -0.4 is 0 Å². The molecule has 2 nitrogen and oxygen atoms in total. The van der Waals surface area contributed by atoms with Crippen LogP contribution in [0, 0.1) is 0 Å². The fourth-order valence-electron chi connectivity index (χ4n) is 11.1. The molecule has 14 aromatic rings. The molecule has 0 fully saturated rings. The molecule has 0 aliphatic heterocycles. The van der Waals surface area contributed by atoms with Gasteiger partial charge in [0.15, 0.2) is 0 Å². The average Bonchev–Trinajstić information content (AvgIpc) is 3.93. The Balaban J connectivity index is 1.02. The van der Waals surface area contributed by atoms with E-state index in [1.165, 1.54) is 120 Å². The molecule has 0 aliphatic rings. The van der Waals surface area contributed by atoms with Crippen LogP contribution in [0.1, 0.15) is 0 Å². The molecule has 316 valence electrons. The summed E-state index contributed by atoms with van der Waals surface area (Å²) in [6, 6.07) is 93.9. The van der Waals surface area contributed by atoms with E-state index in [9.17, 15) is 0 Å². The lowest BCUT2D eigenvalue weighted by Gasteiger charge is -2.16. The van der Waals surface area contributed by atoms with E-state index in [2.05, 4.69) is 264 Å². The minimum Gasteiger partial charge on any atom is -0.309 e. The highest BCUT2D eigenvalue weighted by Gasteiger charge is 2.19. The van der Waals surface area contributed by atoms with Gasteiger partial charge in [0.1, 0.15) is 0 Å². The molecule has 0 aliphatic carbocycles. The average molecular weight is 863 g/mol. The maximum atomic E-state index is 2.47. The highest BCUT2D eigenvalue weighted by molar-refractivity contribution is 6.26. The second-order valence-electron chi connectivity index (χ2n) is 18.1. The molecule has 2 aromatic heterocycles. The Labute approximate surface area is 393 Å². The monoisotopic (exact) mass is 862 g/mol. The summed E-state index contributed by atoms with van der Waals surface area (Å²) >= 11 is 0. The summed E-state index contributed by atoms with van der Waals surface area (Å²) in [6.07, 6.45) is 0. The molecule has 0 radical (unpaired) electrons. The standard InChI is InChI=1S/C66H42N2/c1-5-15-43(16-6-1)47-25-33-63-59(37-47)60-38-48(44-17-7-2-8-18-44)26-34-64(60)67(63)51-29-31-55-53-23-13-14-24-54(53)56-32-30-52(42-58(56)57(55)41-51)68-65-35-27-49(45-19-9-3-10-20-45)39-61(65)62-40-50(28-36-66(62)68)46-21-11-4-12-22-46/h1-42H. The highest BCUT2D eigenvalue weighted by Crippen LogP contribution is 2.43. The van der Waals surface area contributed by atoms with Gasteiger partial charge in [-0.1, -0.05) is 182 Å². The third-order valence-electron chi connectivity index (χ3n) is 14.3. The van der Waals surface area contributed by atoms with E-state index in [1.807, 2.05) is 0 Å². The Morgan fingerprint density at radius 2 is 0.426 bits per heavy atom. The first-order valence-corrected chi connectivity index (χ1v) is 23.5. The summed E-state index contributed by atoms with van der Waals surface area (Å²) in [5.41, 5.74) is 16.7. The molecule has 0 saturated carbocycles. The summed E-state index contributed by atoms with van der Waals surface area (Å²) < 4.78 is 4.94. The Kier molecular flexibility index (Phi) is 8.62. The Morgan fingerprint density at radius 1 is 0.162 bits per heavy atom.